The Morgan fingerprint density at radius 2 is 1.69 bits per heavy atom. The third-order valence-electron chi connectivity index (χ3n) is 2.59. The Hall–Kier alpha value is -2.29. The number of rotatable bonds is 1. The van der Waals surface area contributed by atoms with Crippen LogP contribution in [0.1, 0.15) is 0 Å². The van der Waals surface area contributed by atoms with Gasteiger partial charge in [0.05, 0.1) is 11.7 Å². The summed E-state index contributed by atoms with van der Waals surface area (Å²) in [6.07, 6.45) is 1.79. The van der Waals surface area contributed by atoms with E-state index in [-0.39, 0.29) is 5.75 Å². The fourth-order valence-corrected chi connectivity index (χ4v) is 1.81. The maximum atomic E-state index is 9.78. The zero-order chi connectivity index (χ0) is 11.0. The second-order valence-corrected chi connectivity index (χ2v) is 3.60. The van der Waals surface area contributed by atoms with Crippen molar-refractivity contribution in [1.29, 1.82) is 0 Å². The molecule has 78 valence electrons. The topological polar surface area (TPSA) is 38.0 Å². The molecule has 0 aliphatic carbocycles. The van der Waals surface area contributed by atoms with Crippen molar-refractivity contribution in [3.63, 3.8) is 0 Å². The standard InChI is InChI=1S/C13H10N2O/c16-13-8-4-3-7-12(13)15-11-6-2-1-5-10(11)9-14-15/h1-9,16H. The molecule has 0 amide bonds. The molecule has 16 heavy (non-hydrogen) atoms. The number of fused-ring (bicyclic) bond motifs is 1. The summed E-state index contributed by atoms with van der Waals surface area (Å²) in [6, 6.07) is 15.1. The van der Waals surface area contributed by atoms with E-state index in [1.165, 1.54) is 0 Å². The third-order valence-corrected chi connectivity index (χ3v) is 2.59. The van der Waals surface area contributed by atoms with E-state index >= 15 is 0 Å². The van der Waals surface area contributed by atoms with Gasteiger partial charge in [0.1, 0.15) is 11.4 Å². The molecule has 0 atom stereocenters. The van der Waals surface area contributed by atoms with Gasteiger partial charge in [-0.2, -0.15) is 5.10 Å². The van der Waals surface area contributed by atoms with E-state index in [4.69, 9.17) is 0 Å². The second kappa shape index (κ2) is 3.38. The first-order chi connectivity index (χ1) is 7.86. The van der Waals surface area contributed by atoms with Crippen molar-refractivity contribution in [3.8, 4) is 11.4 Å². The van der Waals surface area contributed by atoms with E-state index in [1.807, 2.05) is 36.4 Å². The number of nitrogens with zero attached hydrogens (tertiary/aromatic N) is 2. The van der Waals surface area contributed by atoms with Gasteiger partial charge in [0.15, 0.2) is 0 Å². The largest absolute Gasteiger partial charge is 0.506 e. The van der Waals surface area contributed by atoms with Gasteiger partial charge < -0.3 is 5.11 Å². The number of benzene rings is 2. The molecule has 1 heterocycles. The molecule has 0 aliphatic heterocycles. The first-order valence-corrected chi connectivity index (χ1v) is 5.07. The number of aromatic nitrogens is 2. The molecule has 0 aliphatic rings. The molecule has 3 rings (SSSR count). The highest BCUT2D eigenvalue weighted by Gasteiger charge is 2.06. The molecule has 0 fully saturated rings. The van der Waals surface area contributed by atoms with Crippen LogP contribution < -0.4 is 0 Å². The van der Waals surface area contributed by atoms with Gasteiger partial charge in [-0.05, 0) is 18.2 Å². The van der Waals surface area contributed by atoms with Crippen LogP contribution in [0, 0.1) is 0 Å². The SMILES string of the molecule is Oc1ccccc1-n1ncc2ccccc21. The smallest absolute Gasteiger partial charge is 0.141 e. The molecule has 2 aromatic carbocycles. The minimum absolute atomic E-state index is 0.233. The molecule has 0 radical (unpaired) electrons. The summed E-state index contributed by atoms with van der Waals surface area (Å²) in [5.41, 5.74) is 1.69. The van der Waals surface area contributed by atoms with Gasteiger partial charge in [-0.3, -0.25) is 0 Å². The maximum Gasteiger partial charge on any atom is 0.141 e. The number of hydrogen-bond donors (Lipinski definition) is 1. The maximum absolute atomic E-state index is 9.78. The van der Waals surface area contributed by atoms with Crippen molar-refractivity contribution in [2.75, 3.05) is 0 Å². The van der Waals surface area contributed by atoms with Crippen molar-refractivity contribution < 1.29 is 5.11 Å². The van der Waals surface area contributed by atoms with Crippen molar-refractivity contribution in [1.82, 2.24) is 9.78 Å². The van der Waals surface area contributed by atoms with Gasteiger partial charge in [-0.1, -0.05) is 30.3 Å². The van der Waals surface area contributed by atoms with Gasteiger partial charge in [-0.25, -0.2) is 4.68 Å². The Labute approximate surface area is 92.6 Å². The molecule has 0 bridgehead atoms. The highest BCUT2D eigenvalue weighted by atomic mass is 16.3. The zero-order valence-electron chi connectivity index (χ0n) is 8.54. The van der Waals surface area contributed by atoms with Crippen LogP contribution in [-0.4, -0.2) is 14.9 Å². The first-order valence-electron chi connectivity index (χ1n) is 5.07. The summed E-state index contributed by atoms with van der Waals surface area (Å²) in [7, 11) is 0. The monoisotopic (exact) mass is 210 g/mol. The van der Waals surface area contributed by atoms with Crippen molar-refractivity contribution in [3.05, 3.63) is 54.7 Å². The Balaban J connectivity index is 2.31. The molecule has 0 spiro atoms. The van der Waals surface area contributed by atoms with E-state index in [2.05, 4.69) is 5.10 Å². The van der Waals surface area contributed by atoms with Gasteiger partial charge in [-0.15, -0.1) is 0 Å². The summed E-state index contributed by atoms with van der Waals surface area (Å²) in [4.78, 5) is 0. The van der Waals surface area contributed by atoms with E-state index in [0.29, 0.717) is 5.69 Å². The fraction of sp³-hybridized carbons (Fsp3) is 0. The predicted molar refractivity (Wildman–Crippen MR) is 62.7 cm³/mol. The Bertz CT molecular complexity index is 643. The highest BCUT2D eigenvalue weighted by molar-refractivity contribution is 5.80. The van der Waals surface area contributed by atoms with Crippen molar-refractivity contribution in [2.45, 2.75) is 0 Å². The van der Waals surface area contributed by atoms with Crippen LogP contribution in [0.3, 0.4) is 0 Å². The number of aromatic hydroxyl groups is 1. The van der Waals surface area contributed by atoms with E-state index < -0.39 is 0 Å². The van der Waals surface area contributed by atoms with Crippen LogP contribution in [0.25, 0.3) is 16.6 Å². The van der Waals surface area contributed by atoms with Crippen LogP contribution >= 0.6 is 0 Å². The Morgan fingerprint density at radius 1 is 0.938 bits per heavy atom. The minimum atomic E-state index is 0.233. The van der Waals surface area contributed by atoms with Crippen LogP contribution in [0.5, 0.6) is 5.75 Å². The molecule has 1 N–H and O–H groups in total. The summed E-state index contributed by atoms with van der Waals surface area (Å²) >= 11 is 0. The molecule has 0 saturated heterocycles. The lowest BCUT2D eigenvalue weighted by Gasteiger charge is -2.05. The molecule has 0 saturated carbocycles. The highest BCUT2D eigenvalue weighted by Crippen LogP contribution is 2.24. The van der Waals surface area contributed by atoms with Gasteiger partial charge in [0.25, 0.3) is 0 Å². The molecular weight excluding hydrogens is 200 g/mol. The van der Waals surface area contributed by atoms with Gasteiger partial charge in [0.2, 0.25) is 0 Å². The summed E-state index contributed by atoms with van der Waals surface area (Å²) in [6.45, 7) is 0. The second-order valence-electron chi connectivity index (χ2n) is 3.60. The molecular formula is C13H10N2O. The number of phenols is 1. The molecule has 3 nitrogen and oxygen atoms in total. The quantitative estimate of drug-likeness (QED) is 0.670. The number of hydrogen-bond acceptors (Lipinski definition) is 2. The Kier molecular flexibility index (Phi) is 1.90. The minimum Gasteiger partial charge on any atom is -0.506 e. The van der Waals surface area contributed by atoms with Crippen molar-refractivity contribution in [2.24, 2.45) is 0 Å². The average Bonchev–Trinajstić information content (AvgIpc) is 2.74. The van der Waals surface area contributed by atoms with Gasteiger partial charge >= 0.3 is 0 Å². The number of phenolic OH excluding ortho intramolecular Hbond substituents is 1. The first kappa shape index (κ1) is 8.97. The molecule has 3 aromatic rings. The summed E-state index contributed by atoms with van der Waals surface area (Å²) in [5.74, 6) is 0.233. The zero-order valence-corrected chi connectivity index (χ0v) is 8.54. The molecule has 0 unspecified atom stereocenters. The van der Waals surface area contributed by atoms with Crippen LogP contribution in [0.2, 0.25) is 0 Å². The Morgan fingerprint density at radius 3 is 2.56 bits per heavy atom. The van der Waals surface area contributed by atoms with Crippen molar-refractivity contribution >= 4 is 10.9 Å². The van der Waals surface area contributed by atoms with Crippen LogP contribution in [-0.2, 0) is 0 Å². The summed E-state index contributed by atoms with van der Waals surface area (Å²) in [5, 5.41) is 15.1. The van der Waals surface area contributed by atoms with E-state index in [9.17, 15) is 5.11 Å². The van der Waals surface area contributed by atoms with E-state index in [0.717, 1.165) is 10.9 Å². The van der Waals surface area contributed by atoms with Gasteiger partial charge in [0, 0.05) is 5.39 Å². The molecule has 3 heteroatoms. The normalized spacial score (nSPS) is 10.8. The lowest BCUT2D eigenvalue weighted by molar-refractivity contribution is 0.471. The predicted octanol–water partition coefficient (Wildman–Crippen LogP) is 2.73. The third kappa shape index (κ3) is 1.26. The van der Waals surface area contributed by atoms with E-state index in [1.54, 1.807) is 23.0 Å². The lowest BCUT2D eigenvalue weighted by atomic mass is 10.2. The number of para-hydroxylation sites is 3. The average molecular weight is 210 g/mol. The summed E-state index contributed by atoms with van der Waals surface area (Å²) < 4.78 is 1.74. The molecule has 1 aromatic heterocycles. The van der Waals surface area contributed by atoms with Crippen LogP contribution in [0.4, 0.5) is 0 Å². The lowest BCUT2D eigenvalue weighted by Crippen LogP contribution is -1.95. The fourth-order valence-electron chi connectivity index (χ4n) is 1.81. The van der Waals surface area contributed by atoms with Crippen LogP contribution in [0.15, 0.2) is 54.7 Å².